The minimum absolute atomic E-state index is 0.200. The molecule has 1 unspecified atom stereocenters. The van der Waals surface area contributed by atoms with Gasteiger partial charge in [0.2, 0.25) is 5.95 Å². The summed E-state index contributed by atoms with van der Waals surface area (Å²) in [6.45, 7) is 0.793. The second-order valence-electron chi connectivity index (χ2n) is 9.15. The zero-order valence-corrected chi connectivity index (χ0v) is 20.5. The van der Waals surface area contributed by atoms with Gasteiger partial charge in [-0.15, -0.1) is 0 Å². The predicted octanol–water partition coefficient (Wildman–Crippen LogP) is 4.98. The fourth-order valence-electron chi connectivity index (χ4n) is 4.06. The van der Waals surface area contributed by atoms with Gasteiger partial charge in [0.25, 0.3) is 0 Å². The molecule has 4 rings (SSSR count). The smallest absolute Gasteiger partial charge is 0.229 e. The van der Waals surface area contributed by atoms with E-state index < -0.39 is 6.10 Å². The number of nitrogens with one attached hydrogen (secondary N) is 2. The lowest BCUT2D eigenvalue weighted by Crippen LogP contribution is -2.30. The van der Waals surface area contributed by atoms with Crippen LogP contribution in [0.5, 0.6) is 11.5 Å². The molecule has 0 aliphatic heterocycles. The van der Waals surface area contributed by atoms with Gasteiger partial charge >= 0.3 is 0 Å². The van der Waals surface area contributed by atoms with Gasteiger partial charge in [-0.2, -0.15) is 4.98 Å². The van der Waals surface area contributed by atoms with Crippen LogP contribution in [-0.2, 0) is 0 Å². The molecule has 1 aliphatic carbocycles. The van der Waals surface area contributed by atoms with Crippen LogP contribution in [0.1, 0.15) is 32.1 Å². The van der Waals surface area contributed by atoms with Gasteiger partial charge in [-0.3, -0.25) is 0 Å². The van der Waals surface area contributed by atoms with Crippen LogP contribution in [0.4, 0.5) is 23.1 Å². The number of nitrogens with zero attached hydrogens (tertiary/aromatic N) is 3. The minimum atomic E-state index is -0.541. The number of benzene rings is 2. The van der Waals surface area contributed by atoms with Crippen molar-refractivity contribution < 1.29 is 14.6 Å². The van der Waals surface area contributed by atoms with E-state index in [4.69, 9.17) is 14.5 Å². The van der Waals surface area contributed by atoms with Crippen LogP contribution < -0.4 is 20.1 Å². The molecular formula is C27H35N5O3. The number of aliphatic hydroxyl groups is 1. The maximum atomic E-state index is 9.98. The molecule has 3 N–H and O–H groups in total. The lowest BCUT2D eigenvalue weighted by Gasteiger charge is -2.24. The van der Waals surface area contributed by atoms with Gasteiger partial charge in [0.15, 0.2) is 11.6 Å². The molecule has 1 heterocycles. The number of aliphatic hydroxyl groups excluding tert-OH is 1. The van der Waals surface area contributed by atoms with E-state index in [-0.39, 0.29) is 12.7 Å². The van der Waals surface area contributed by atoms with Crippen LogP contribution in [0.2, 0.25) is 0 Å². The summed E-state index contributed by atoms with van der Waals surface area (Å²) in [7, 11) is 3.84. The first kappa shape index (κ1) is 24.8. The van der Waals surface area contributed by atoms with Crippen molar-refractivity contribution in [1.82, 2.24) is 14.9 Å². The fraction of sp³-hybridized carbons (Fsp3) is 0.407. The lowest BCUT2D eigenvalue weighted by atomic mass is 9.98. The van der Waals surface area contributed by atoms with E-state index in [9.17, 15) is 5.11 Å². The molecule has 1 fully saturated rings. The Labute approximate surface area is 207 Å². The maximum Gasteiger partial charge on any atom is 0.229 e. The zero-order chi connectivity index (χ0) is 24.5. The molecule has 1 atom stereocenters. The third kappa shape index (κ3) is 7.83. The summed E-state index contributed by atoms with van der Waals surface area (Å²) in [5.41, 5.74) is 1.77. The van der Waals surface area contributed by atoms with E-state index >= 15 is 0 Å². The van der Waals surface area contributed by atoms with Crippen LogP contribution in [-0.4, -0.2) is 59.4 Å². The van der Waals surface area contributed by atoms with Crippen LogP contribution in [0, 0.1) is 0 Å². The molecular weight excluding hydrogens is 442 g/mol. The van der Waals surface area contributed by atoms with E-state index in [1.165, 1.54) is 19.3 Å². The molecule has 3 aromatic rings. The minimum Gasteiger partial charge on any atom is -0.491 e. The second kappa shape index (κ2) is 12.4. The molecule has 0 amide bonds. The van der Waals surface area contributed by atoms with Crippen LogP contribution in [0.25, 0.3) is 0 Å². The van der Waals surface area contributed by atoms with E-state index in [1.54, 1.807) is 6.20 Å². The highest BCUT2D eigenvalue weighted by Gasteiger charge is 2.18. The molecule has 1 aliphatic rings. The molecule has 1 aromatic heterocycles. The van der Waals surface area contributed by atoms with E-state index in [1.807, 2.05) is 73.6 Å². The molecule has 0 saturated heterocycles. The summed E-state index contributed by atoms with van der Waals surface area (Å²) in [5.74, 6) is 2.45. The number of likely N-dealkylation sites (N-methyl/N-ethyl adjacent to an activating group) is 1. The number of anilines is 4. The van der Waals surface area contributed by atoms with Crippen LogP contribution >= 0.6 is 0 Å². The number of hydrogen-bond donors (Lipinski definition) is 3. The molecule has 0 bridgehead atoms. The molecule has 35 heavy (non-hydrogen) atoms. The zero-order valence-electron chi connectivity index (χ0n) is 20.5. The van der Waals surface area contributed by atoms with Gasteiger partial charge in [-0.25, -0.2) is 4.98 Å². The molecule has 0 spiro atoms. The van der Waals surface area contributed by atoms with Crippen molar-refractivity contribution in [2.75, 3.05) is 37.9 Å². The first-order valence-electron chi connectivity index (χ1n) is 12.2. The third-order valence-corrected chi connectivity index (χ3v) is 5.77. The van der Waals surface area contributed by atoms with Gasteiger partial charge in [-0.1, -0.05) is 24.6 Å². The Bertz CT molecular complexity index is 1040. The number of para-hydroxylation sites is 1. The first-order chi connectivity index (χ1) is 17.0. The van der Waals surface area contributed by atoms with Crippen molar-refractivity contribution in [3.8, 4) is 11.5 Å². The van der Waals surface area contributed by atoms with Gasteiger partial charge < -0.3 is 30.1 Å². The van der Waals surface area contributed by atoms with Crippen LogP contribution in [0.3, 0.4) is 0 Å². The number of ether oxygens (including phenoxy) is 2. The van der Waals surface area contributed by atoms with Crippen LogP contribution in [0.15, 0.2) is 60.8 Å². The second-order valence-corrected chi connectivity index (χ2v) is 9.15. The maximum absolute atomic E-state index is 9.98. The molecule has 8 heteroatoms. The number of rotatable bonds is 11. The normalized spacial score (nSPS) is 15.0. The summed E-state index contributed by atoms with van der Waals surface area (Å²) in [6, 6.07) is 17.4. The van der Waals surface area contributed by atoms with Crippen molar-refractivity contribution in [2.45, 2.75) is 44.3 Å². The van der Waals surface area contributed by atoms with Crippen molar-refractivity contribution in [2.24, 2.45) is 0 Å². The Morgan fingerprint density at radius 3 is 2.40 bits per heavy atom. The summed E-state index contributed by atoms with van der Waals surface area (Å²) in [4.78, 5) is 11.1. The summed E-state index contributed by atoms with van der Waals surface area (Å²) >= 11 is 0. The summed E-state index contributed by atoms with van der Waals surface area (Å²) < 4.78 is 12.0. The van der Waals surface area contributed by atoms with E-state index in [0.29, 0.717) is 29.8 Å². The van der Waals surface area contributed by atoms with Crippen molar-refractivity contribution in [3.63, 3.8) is 0 Å². The molecule has 1 saturated carbocycles. The molecule has 2 aromatic carbocycles. The largest absolute Gasteiger partial charge is 0.491 e. The van der Waals surface area contributed by atoms with Gasteiger partial charge in [0.1, 0.15) is 18.5 Å². The predicted molar refractivity (Wildman–Crippen MR) is 139 cm³/mol. The Kier molecular flexibility index (Phi) is 8.75. The van der Waals surface area contributed by atoms with E-state index in [0.717, 1.165) is 24.2 Å². The Morgan fingerprint density at radius 1 is 0.971 bits per heavy atom. The molecule has 0 radical (unpaired) electrons. The SMILES string of the molecule is CN(C)CC(O)COc1ccc(Nc2ncc(OC3CCCCC3)c(Nc3ccccc3)n2)cc1. The summed E-state index contributed by atoms with van der Waals surface area (Å²) in [6.07, 6.45) is 7.18. The van der Waals surface area contributed by atoms with Crippen molar-refractivity contribution in [1.29, 1.82) is 0 Å². The standard InChI is InChI=1S/C27H35N5O3/c1-32(2)18-22(33)19-34-23-15-13-21(14-16-23)30-27-28-17-25(35-24-11-7-4-8-12-24)26(31-27)29-20-9-5-3-6-10-20/h3,5-6,9-10,13-17,22,24,33H,4,7-8,11-12,18-19H2,1-2H3,(H2,28,29,30,31). The Morgan fingerprint density at radius 2 is 1.69 bits per heavy atom. The highest BCUT2D eigenvalue weighted by molar-refractivity contribution is 5.64. The lowest BCUT2D eigenvalue weighted by molar-refractivity contribution is 0.0831. The van der Waals surface area contributed by atoms with Gasteiger partial charge in [0.05, 0.1) is 12.3 Å². The highest BCUT2D eigenvalue weighted by atomic mass is 16.5. The number of hydrogen-bond acceptors (Lipinski definition) is 8. The molecule has 186 valence electrons. The fourth-order valence-corrected chi connectivity index (χ4v) is 4.06. The molecule has 8 nitrogen and oxygen atoms in total. The quantitative estimate of drug-likeness (QED) is 0.356. The monoisotopic (exact) mass is 477 g/mol. The van der Waals surface area contributed by atoms with E-state index in [2.05, 4.69) is 15.6 Å². The third-order valence-electron chi connectivity index (χ3n) is 5.77. The highest BCUT2D eigenvalue weighted by Crippen LogP contribution is 2.31. The Balaban J connectivity index is 1.43. The average molecular weight is 478 g/mol. The number of aromatic nitrogens is 2. The summed E-state index contributed by atoms with van der Waals surface area (Å²) in [5, 5.41) is 16.6. The van der Waals surface area contributed by atoms with Crippen molar-refractivity contribution in [3.05, 3.63) is 60.8 Å². The van der Waals surface area contributed by atoms with Crippen molar-refractivity contribution >= 4 is 23.1 Å². The average Bonchev–Trinajstić information content (AvgIpc) is 2.86. The topological polar surface area (TPSA) is 91.8 Å². The Hall–Kier alpha value is -3.36. The first-order valence-corrected chi connectivity index (χ1v) is 12.2. The van der Waals surface area contributed by atoms with Gasteiger partial charge in [-0.05, 0) is 76.2 Å². The van der Waals surface area contributed by atoms with Gasteiger partial charge in [0, 0.05) is 17.9 Å².